The molecule has 1 aliphatic rings. The maximum absolute atomic E-state index is 8.89. The van der Waals surface area contributed by atoms with Gasteiger partial charge < -0.3 is 20.7 Å². The molecular formula is C13H20N4O. The minimum absolute atomic E-state index is 0.0511. The van der Waals surface area contributed by atoms with Gasteiger partial charge in [0.2, 0.25) is 0 Å². The minimum Gasteiger partial charge on any atom is -0.409 e. The molecule has 0 bridgehead atoms. The third-order valence-electron chi connectivity index (χ3n) is 3.50. The van der Waals surface area contributed by atoms with Crippen LogP contribution < -0.4 is 15.5 Å². The summed E-state index contributed by atoms with van der Waals surface area (Å²) in [6.07, 6.45) is 0.813. The number of para-hydroxylation sites is 2. The molecule has 0 aliphatic carbocycles. The summed E-state index contributed by atoms with van der Waals surface area (Å²) in [5, 5.41) is 12.1. The Morgan fingerprint density at radius 1 is 1.39 bits per heavy atom. The molecule has 1 aromatic carbocycles. The number of hydrogen-bond acceptors (Lipinski definition) is 4. The summed E-state index contributed by atoms with van der Waals surface area (Å²) < 4.78 is 0. The maximum atomic E-state index is 8.89. The lowest BCUT2D eigenvalue weighted by Gasteiger charge is -2.40. The predicted molar refractivity (Wildman–Crippen MR) is 74.5 cm³/mol. The number of benzene rings is 1. The zero-order valence-corrected chi connectivity index (χ0v) is 10.9. The molecule has 3 N–H and O–H groups in total. The number of amidine groups is 1. The summed E-state index contributed by atoms with van der Waals surface area (Å²) in [7, 11) is 2.08. The van der Waals surface area contributed by atoms with Crippen molar-refractivity contribution >= 4 is 17.2 Å². The van der Waals surface area contributed by atoms with Gasteiger partial charge in [-0.05, 0) is 18.6 Å². The molecular weight excluding hydrogens is 228 g/mol. The number of nitrogens with two attached hydrogens (primary N) is 1. The van der Waals surface area contributed by atoms with Crippen LogP contribution in [0.2, 0.25) is 0 Å². The van der Waals surface area contributed by atoms with E-state index in [4.69, 9.17) is 10.9 Å². The number of oxime groups is 1. The number of hydrogen-bond donors (Lipinski definition) is 2. The monoisotopic (exact) mass is 248 g/mol. The van der Waals surface area contributed by atoms with Crippen molar-refractivity contribution in [3.05, 3.63) is 24.3 Å². The third-order valence-corrected chi connectivity index (χ3v) is 3.50. The maximum Gasteiger partial charge on any atom is 0.161 e. The molecule has 0 aromatic heterocycles. The van der Waals surface area contributed by atoms with Gasteiger partial charge in [-0.25, -0.2) is 0 Å². The fraction of sp³-hybridized carbons (Fsp3) is 0.462. The van der Waals surface area contributed by atoms with Crippen molar-refractivity contribution in [2.24, 2.45) is 10.9 Å². The highest BCUT2D eigenvalue weighted by atomic mass is 16.4. The van der Waals surface area contributed by atoms with Crippen LogP contribution in [0.5, 0.6) is 0 Å². The summed E-state index contributed by atoms with van der Waals surface area (Å²) in [5.74, 6) is 0.275. The zero-order chi connectivity index (χ0) is 13.1. The lowest BCUT2D eigenvalue weighted by atomic mass is 10.1. The van der Waals surface area contributed by atoms with Gasteiger partial charge in [-0.15, -0.1) is 0 Å². The lowest BCUT2D eigenvalue weighted by molar-refractivity contribution is 0.315. The minimum atomic E-state index is -0.0511. The van der Waals surface area contributed by atoms with Crippen LogP contribution in [0, 0.1) is 0 Å². The molecule has 1 aromatic rings. The van der Waals surface area contributed by atoms with Crippen LogP contribution in [-0.4, -0.2) is 37.2 Å². The van der Waals surface area contributed by atoms with Gasteiger partial charge in [-0.2, -0.15) is 0 Å². The average molecular weight is 248 g/mol. The number of rotatable bonds is 3. The molecule has 18 heavy (non-hydrogen) atoms. The van der Waals surface area contributed by atoms with Crippen LogP contribution in [0.15, 0.2) is 29.4 Å². The van der Waals surface area contributed by atoms with Crippen molar-refractivity contribution in [3.8, 4) is 0 Å². The van der Waals surface area contributed by atoms with E-state index in [1.807, 2.05) is 19.1 Å². The molecule has 5 heteroatoms. The second kappa shape index (κ2) is 5.16. The van der Waals surface area contributed by atoms with Gasteiger partial charge in [0.15, 0.2) is 5.84 Å². The van der Waals surface area contributed by atoms with Gasteiger partial charge in [-0.1, -0.05) is 24.2 Å². The number of likely N-dealkylation sites (N-methyl/N-ethyl adjacent to an activating group) is 1. The van der Waals surface area contributed by atoms with E-state index in [2.05, 4.69) is 34.1 Å². The van der Waals surface area contributed by atoms with Crippen molar-refractivity contribution in [2.45, 2.75) is 19.4 Å². The Kier molecular flexibility index (Phi) is 3.60. The van der Waals surface area contributed by atoms with E-state index >= 15 is 0 Å². The third kappa shape index (κ3) is 2.08. The van der Waals surface area contributed by atoms with Gasteiger partial charge in [0.25, 0.3) is 0 Å². The van der Waals surface area contributed by atoms with Gasteiger partial charge >= 0.3 is 0 Å². The smallest absolute Gasteiger partial charge is 0.161 e. The molecule has 0 fully saturated rings. The van der Waals surface area contributed by atoms with E-state index in [0.717, 1.165) is 25.2 Å². The van der Waals surface area contributed by atoms with Gasteiger partial charge in [-0.3, -0.25) is 0 Å². The standard InChI is InChI=1S/C13H20N4O/c1-3-10(13(14)15-18)17-9-8-16(2)11-6-4-5-7-12(11)17/h4-7,10,18H,3,8-9H2,1-2H3,(H2,14,15). The first-order chi connectivity index (χ1) is 8.69. The van der Waals surface area contributed by atoms with Crippen molar-refractivity contribution in [3.63, 3.8) is 0 Å². The Morgan fingerprint density at radius 3 is 2.67 bits per heavy atom. The Bertz CT molecular complexity index is 446. The first-order valence-corrected chi connectivity index (χ1v) is 6.23. The van der Waals surface area contributed by atoms with Crippen LogP contribution in [0.3, 0.4) is 0 Å². The number of fused-ring (bicyclic) bond motifs is 1. The zero-order valence-electron chi connectivity index (χ0n) is 10.9. The number of anilines is 2. The van der Waals surface area contributed by atoms with Crippen molar-refractivity contribution in [1.29, 1.82) is 0 Å². The highest BCUT2D eigenvalue weighted by Crippen LogP contribution is 2.33. The molecule has 5 nitrogen and oxygen atoms in total. The fourth-order valence-corrected chi connectivity index (χ4v) is 2.51. The van der Waals surface area contributed by atoms with E-state index in [1.54, 1.807) is 0 Å². The molecule has 1 unspecified atom stereocenters. The van der Waals surface area contributed by atoms with Crippen molar-refractivity contribution in [1.82, 2.24) is 0 Å². The molecule has 1 aliphatic heterocycles. The van der Waals surface area contributed by atoms with Gasteiger partial charge in [0.05, 0.1) is 17.4 Å². The van der Waals surface area contributed by atoms with Crippen LogP contribution in [0.4, 0.5) is 11.4 Å². The fourth-order valence-electron chi connectivity index (χ4n) is 2.51. The van der Waals surface area contributed by atoms with Crippen LogP contribution in [0.25, 0.3) is 0 Å². The van der Waals surface area contributed by atoms with Gasteiger partial charge in [0.1, 0.15) is 0 Å². The molecule has 2 rings (SSSR count). The Labute approximate surface area is 107 Å². The number of nitrogens with zero attached hydrogens (tertiary/aromatic N) is 3. The van der Waals surface area contributed by atoms with E-state index in [0.29, 0.717) is 0 Å². The normalized spacial score (nSPS) is 17.6. The predicted octanol–water partition coefficient (Wildman–Crippen LogP) is 1.47. The highest BCUT2D eigenvalue weighted by molar-refractivity contribution is 5.90. The summed E-state index contributed by atoms with van der Waals surface area (Å²) in [6, 6.07) is 8.18. The Morgan fingerprint density at radius 2 is 2.06 bits per heavy atom. The first kappa shape index (κ1) is 12.5. The molecule has 0 saturated carbocycles. The highest BCUT2D eigenvalue weighted by Gasteiger charge is 2.27. The van der Waals surface area contributed by atoms with Crippen molar-refractivity contribution < 1.29 is 5.21 Å². The molecule has 0 spiro atoms. The summed E-state index contributed by atoms with van der Waals surface area (Å²) in [5.41, 5.74) is 8.13. The second-order valence-corrected chi connectivity index (χ2v) is 4.55. The largest absolute Gasteiger partial charge is 0.409 e. The van der Waals surface area contributed by atoms with E-state index in [-0.39, 0.29) is 11.9 Å². The van der Waals surface area contributed by atoms with Gasteiger partial charge in [0, 0.05) is 20.1 Å². The first-order valence-electron chi connectivity index (χ1n) is 6.23. The molecule has 0 saturated heterocycles. The molecule has 1 atom stereocenters. The van der Waals surface area contributed by atoms with Crippen molar-refractivity contribution in [2.75, 3.05) is 29.9 Å². The topological polar surface area (TPSA) is 65.1 Å². The molecule has 98 valence electrons. The molecule has 0 radical (unpaired) electrons. The summed E-state index contributed by atoms with van der Waals surface area (Å²) in [6.45, 7) is 3.86. The van der Waals surface area contributed by atoms with E-state index < -0.39 is 0 Å². The Hall–Kier alpha value is -1.91. The average Bonchev–Trinajstić information content (AvgIpc) is 2.42. The van der Waals surface area contributed by atoms with E-state index in [9.17, 15) is 0 Å². The van der Waals surface area contributed by atoms with Crippen LogP contribution in [-0.2, 0) is 0 Å². The van der Waals surface area contributed by atoms with E-state index in [1.165, 1.54) is 5.69 Å². The lowest BCUT2D eigenvalue weighted by Crippen LogP contribution is -2.50. The molecule has 1 heterocycles. The summed E-state index contributed by atoms with van der Waals surface area (Å²) >= 11 is 0. The molecule has 0 amide bonds. The second-order valence-electron chi connectivity index (χ2n) is 4.55. The Balaban J connectivity index is 2.39. The van der Waals surface area contributed by atoms with Crippen LogP contribution >= 0.6 is 0 Å². The van der Waals surface area contributed by atoms with Crippen LogP contribution in [0.1, 0.15) is 13.3 Å². The summed E-state index contributed by atoms with van der Waals surface area (Å²) in [4.78, 5) is 4.44. The SMILES string of the molecule is CCC(C(N)=NO)N1CCN(C)c2ccccc21. The quantitative estimate of drug-likeness (QED) is 0.368.